The van der Waals surface area contributed by atoms with Crippen molar-refractivity contribution in [3.8, 4) is 5.75 Å². The summed E-state index contributed by atoms with van der Waals surface area (Å²) < 4.78 is 5.67. The van der Waals surface area contributed by atoms with E-state index in [4.69, 9.17) is 22.1 Å². The first-order valence-electron chi connectivity index (χ1n) is 9.16. The normalized spacial score (nSPS) is 14.9. The summed E-state index contributed by atoms with van der Waals surface area (Å²) >= 11 is 6.15. The average molecular weight is 470 g/mol. The molecule has 1 aromatic heterocycles. The van der Waals surface area contributed by atoms with Gasteiger partial charge in [0.1, 0.15) is 12.4 Å². The number of halogens is 3. The van der Waals surface area contributed by atoms with E-state index in [9.17, 15) is 4.79 Å². The Morgan fingerprint density at radius 1 is 1.23 bits per heavy atom. The van der Waals surface area contributed by atoms with Crippen molar-refractivity contribution in [1.29, 1.82) is 0 Å². The Hall–Kier alpha value is -2.25. The van der Waals surface area contributed by atoms with Gasteiger partial charge >= 0.3 is 0 Å². The first-order chi connectivity index (χ1) is 13.7. The van der Waals surface area contributed by atoms with E-state index in [2.05, 4.69) is 22.1 Å². The minimum Gasteiger partial charge on any atom is -0.491 e. The minimum absolute atomic E-state index is 0. The first kappa shape index (κ1) is 24.0. The lowest BCUT2D eigenvalue weighted by Gasteiger charge is -2.32. The molecule has 160 valence electrons. The van der Waals surface area contributed by atoms with Gasteiger partial charge in [-0.3, -0.25) is 4.79 Å². The van der Waals surface area contributed by atoms with Crippen LogP contribution < -0.4 is 10.5 Å². The van der Waals surface area contributed by atoms with Gasteiger partial charge in [-0.15, -0.1) is 24.8 Å². The second-order valence-electron chi connectivity index (χ2n) is 6.69. The summed E-state index contributed by atoms with van der Waals surface area (Å²) in [5.74, 6) is 0.370. The molecule has 0 spiro atoms. The zero-order valence-corrected chi connectivity index (χ0v) is 18.5. The number of H-pyrrole nitrogens is 1. The van der Waals surface area contributed by atoms with Gasteiger partial charge in [0.25, 0.3) is 5.91 Å². The summed E-state index contributed by atoms with van der Waals surface area (Å²) in [6.45, 7) is 1.69. The fourth-order valence-corrected chi connectivity index (χ4v) is 3.73. The average Bonchev–Trinajstić information content (AvgIpc) is 3.21. The predicted molar refractivity (Wildman–Crippen MR) is 122 cm³/mol. The summed E-state index contributed by atoms with van der Waals surface area (Å²) in [5.41, 5.74) is 9.04. The number of ether oxygens (including phenoxy) is 1. The number of nitrogens with one attached hydrogen (secondary N) is 1. The molecule has 0 fully saturated rings. The number of nitrogens with zero attached hydrogens (tertiary/aromatic N) is 2. The number of rotatable bonds is 5. The SMILES string of the molecule is Cl.Cl.NCCOc1ccc(Cl)cc1C(=O)N1Cc2[nH]cnc2C(c2ccccc2)C1. The number of imidazole rings is 1. The van der Waals surface area contributed by atoms with Crippen LogP contribution in [0.5, 0.6) is 5.75 Å². The van der Waals surface area contributed by atoms with Crippen molar-refractivity contribution in [2.75, 3.05) is 19.7 Å². The number of aromatic nitrogens is 2. The maximum absolute atomic E-state index is 13.4. The largest absolute Gasteiger partial charge is 0.491 e. The van der Waals surface area contributed by atoms with Gasteiger partial charge in [-0.05, 0) is 23.8 Å². The molecular formula is C21H23Cl3N4O2. The van der Waals surface area contributed by atoms with Gasteiger partial charge in [-0.25, -0.2) is 4.98 Å². The Kier molecular flexibility index (Phi) is 8.55. The molecule has 6 nitrogen and oxygen atoms in total. The van der Waals surface area contributed by atoms with Gasteiger partial charge in [0, 0.05) is 24.0 Å². The predicted octanol–water partition coefficient (Wildman–Crippen LogP) is 4.03. The lowest BCUT2D eigenvalue weighted by atomic mass is 9.90. The van der Waals surface area contributed by atoms with Crippen molar-refractivity contribution in [1.82, 2.24) is 14.9 Å². The molecule has 4 rings (SSSR count). The molecule has 0 saturated heterocycles. The van der Waals surface area contributed by atoms with Gasteiger partial charge in [-0.1, -0.05) is 41.9 Å². The van der Waals surface area contributed by atoms with E-state index in [1.807, 2.05) is 18.2 Å². The molecule has 1 amide bonds. The number of carbonyl (C=O) groups is 1. The highest BCUT2D eigenvalue weighted by Crippen LogP contribution is 2.33. The van der Waals surface area contributed by atoms with Crippen molar-refractivity contribution in [3.63, 3.8) is 0 Å². The van der Waals surface area contributed by atoms with E-state index in [-0.39, 0.29) is 36.6 Å². The molecule has 2 heterocycles. The molecule has 2 aromatic carbocycles. The lowest BCUT2D eigenvalue weighted by Crippen LogP contribution is -2.39. The van der Waals surface area contributed by atoms with E-state index in [1.54, 1.807) is 29.4 Å². The Morgan fingerprint density at radius 3 is 2.73 bits per heavy atom. The molecule has 1 unspecified atom stereocenters. The van der Waals surface area contributed by atoms with Gasteiger partial charge in [0.15, 0.2) is 0 Å². The summed E-state index contributed by atoms with van der Waals surface area (Å²) in [6, 6.07) is 15.2. The number of benzene rings is 2. The molecule has 1 atom stereocenters. The number of hydrogen-bond donors (Lipinski definition) is 2. The number of aromatic amines is 1. The molecule has 30 heavy (non-hydrogen) atoms. The smallest absolute Gasteiger partial charge is 0.258 e. The number of nitrogens with two attached hydrogens (primary N) is 1. The highest BCUT2D eigenvalue weighted by atomic mass is 35.5. The fraction of sp³-hybridized carbons (Fsp3) is 0.238. The highest BCUT2D eigenvalue weighted by Gasteiger charge is 2.32. The molecule has 0 bridgehead atoms. The Bertz CT molecular complexity index is 981. The number of hydrogen-bond acceptors (Lipinski definition) is 4. The molecule has 0 saturated carbocycles. The molecular weight excluding hydrogens is 447 g/mol. The summed E-state index contributed by atoms with van der Waals surface area (Å²) in [7, 11) is 0. The van der Waals surface area contributed by atoms with Crippen LogP contribution in [-0.4, -0.2) is 40.5 Å². The number of fused-ring (bicyclic) bond motifs is 1. The molecule has 0 radical (unpaired) electrons. The van der Waals surface area contributed by atoms with Gasteiger partial charge < -0.3 is 20.4 Å². The third-order valence-electron chi connectivity index (χ3n) is 4.87. The first-order valence-corrected chi connectivity index (χ1v) is 9.54. The second kappa shape index (κ2) is 10.7. The maximum Gasteiger partial charge on any atom is 0.258 e. The van der Waals surface area contributed by atoms with E-state index in [0.717, 1.165) is 17.0 Å². The van der Waals surface area contributed by atoms with E-state index in [1.165, 1.54) is 0 Å². The molecule has 0 aliphatic carbocycles. The number of amides is 1. The summed E-state index contributed by atoms with van der Waals surface area (Å²) in [5, 5.41) is 0.488. The van der Waals surface area contributed by atoms with Crippen LogP contribution in [0.1, 0.15) is 33.2 Å². The Balaban J connectivity index is 0.00000160. The van der Waals surface area contributed by atoms with Crippen LogP contribution >= 0.6 is 36.4 Å². The van der Waals surface area contributed by atoms with Crippen molar-refractivity contribution in [2.24, 2.45) is 5.73 Å². The topological polar surface area (TPSA) is 84.2 Å². The zero-order valence-electron chi connectivity index (χ0n) is 16.1. The number of carbonyl (C=O) groups excluding carboxylic acids is 1. The summed E-state index contributed by atoms with van der Waals surface area (Å²) in [4.78, 5) is 22.8. The molecule has 3 N–H and O–H groups in total. The maximum atomic E-state index is 13.4. The van der Waals surface area contributed by atoms with Crippen LogP contribution in [0.3, 0.4) is 0 Å². The third-order valence-corrected chi connectivity index (χ3v) is 5.11. The fourth-order valence-electron chi connectivity index (χ4n) is 3.56. The summed E-state index contributed by atoms with van der Waals surface area (Å²) in [6.07, 6.45) is 1.68. The van der Waals surface area contributed by atoms with Crippen molar-refractivity contribution >= 4 is 42.3 Å². The minimum atomic E-state index is -0.129. The van der Waals surface area contributed by atoms with Crippen LogP contribution in [0, 0.1) is 0 Å². The van der Waals surface area contributed by atoms with Crippen LogP contribution in [0.2, 0.25) is 5.02 Å². The van der Waals surface area contributed by atoms with E-state index in [0.29, 0.717) is 42.6 Å². The molecule has 1 aliphatic heterocycles. The second-order valence-corrected chi connectivity index (χ2v) is 7.13. The molecule has 1 aliphatic rings. The van der Waals surface area contributed by atoms with Crippen molar-refractivity contribution in [3.05, 3.63) is 82.4 Å². The van der Waals surface area contributed by atoms with Crippen LogP contribution in [0.25, 0.3) is 0 Å². The van der Waals surface area contributed by atoms with Crippen LogP contribution in [-0.2, 0) is 6.54 Å². The van der Waals surface area contributed by atoms with Crippen LogP contribution in [0.15, 0.2) is 54.9 Å². The molecule has 3 aromatic rings. The van der Waals surface area contributed by atoms with E-state index < -0.39 is 0 Å². The molecule has 9 heteroatoms. The Labute approximate surface area is 192 Å². The van der Waals surface area contributed by atoms with Gasteiger partial charge in [-0.2, -0.15) is 0 Å². The Morgan fingerprint density at radius 2 is 2.00 bits per heavy atom. The lowest BCUT2D eigenvalue weighted by molar-refractivity contribution is 0.0717. The monoisotopic (exact) mass is 468 g/mol. The zero-order chi connectivity index (χ0) is 19.5. The van der Waals surface area contributed by atoms with E-state index >= 15 is 0 Å². The standard InChI is InChI=1S/C21H21ClN4O2.2ClH/c22-15-6-7-19(28-9-8-23)16(10-15)21(27)26-11-17(14-4-2-1-3-5-14)20-18(12-26)24-13-25-20;;/h1-7,10,13,17H,8-9,11-12,23H2,(H,24,25);2*1H. The van der Waals surface area contributed by atoms with Gasteiger partial charge in [0.2, 0.25) is 0 Å². The van der Waals surface area contributed by atoms with Crippen molar-refractivity contribution in [2.45, 2.75) is 12.5 Å². The quantitative estimate of drug-likeness (QED) is 0.591. The van der Waals surface area contributed by atoms with Crippen LogP contribution in [0.4, 0.5) is 0 Å². The highest BCUT2D eigenvalue weighted by molar-refractivity contribution is 6.31. The third kappa shape index (κ3) is 4.90. The van der Waals surface area contributed by atoms with Crippen molar-refractivity contribution < 1.29 is 9.53 Å². The van der Waals surface area contributed by atoms with Gasteiger partial charge in [0.05, 0.1) is 29.8 Å².